The van der Waals surface area contributed by atoms with Crippen LogP contribution in [0.3, 0.4) is 0 Å². The minimum absolute atomic E-state index is 0.562. The molecule has 0 aliphatic heterocycles. The van der Waals surface area contributed by atoms with E-state index in [1.807, 2.05) is 31.2 Å². The van der Waals surface area contributed by atoms with E-state index in [1.54, 1.807) is 25.3 Å². The molecule has 0 aliphatic rings. The number of benzene rings is 2. The van der Waals surface area contributed by atoms with E-state index in [4.69, 9.17) is 10.5 Å². The Hall–Kier alpha value is -2.00. The SMILES string of the molecule is COc1ccc(N)c(C(O)c2ccccc2C)c1. The standard InChI is InChI=1S/C15H17NO2/c1-10-5-3-4-6-12(10)15(17)13-9-11(18-2)7-8-14(13)16/h3-9,15,17H,16H2,1-2H3. The Labute approximate surface area is 107 Å². The van der Waals surface area contributed by atoms with E-state index < -0.39 is 6.10 Å². The number of rotatable bonds is 3. The summed E-state index contributed by atoms with van der Waals surface area (Å²) < 4.78 is 5.16. The zero-order valence-electron chi connectivity index (χ0n) is 10.6. The number of hydrogen-bond acceptors (Lipinski definition) is 3. The van der Waals surface area contributed by atoms with Crippen molar-refractivity contribution in [2.75, 3.05) is 12.8 Å². The van der Waals surface area contributed by atoms with Gasteiger partial charge >= 0.3 is 0 Å². The van der Waals surface area contributed by atoms with Crippen LogP contribution in [0.2, 0.25) is 0 Å². The first-order chi connectivity index (χ1) is 8.63. The smallest absolute Gasteiger partial charge is 0.119 e. The quantitative estimate of drug-likeness (QED) is 0.815. The molecular weight excluding hydrogens is 226 g/mol. The Morgan fingerprint density at radius 2 is 1.83 bits per heavy atom. The summed E-state index contributed by atoms with van der Waals surface area (Å²) in [5.41, 5.74) is 9.04. The van der Waals surface area contributed by atoms with Crippen LogP contribution in [0.5, 0.6) is 5.75 Å². The number of hydrogen-bond donors (Lipinski definition) is 2. The average molecular weight is 243 g/mol. The van der Waals surface area contributed by atoms with E-state index in [9.17, 15) is 5.11 Å². The van der Waals surface area contributed by atoms with E-state index in [2.05, 4.69) is 0 Å². The fourth-order valence-electron chi connectivity index (χ4n) is 1.98. The number of nitrogens with two attached hydrogens (primary N) is 1. The highest BCUT2D eigenvalue weighted by atomic mass is 16.5. The minimum Gasteiger partial charge on any atom is -0.497 e. The number of ether oxygens (including phenoxy) is 1. The van der Waals surface area contributed by atoms with Crippen molar-refractivity contribution in [3.63, 3.8) is 0 Å². The fourth-order valence-corrected chi connectivity index (χ4v) is 1.98. The van der Waals surface area contributed by atoms with E-state index >= 15 is 0 Å². The third-order valence-electron chi connectivity index (χ3n) is 3.07. The zero-order valence-corrected chi connectivity index (χ0v) is 10.6. The second-order valence-corrected chi connectivity index (χ2v) is 4.25. The summed E-state index contributed by atoms with van der Waals surface area (Å²) in [5.74, 6) is 0.687. The summed E-state index contributed by atoms with van der Waals surface area (Å²) in [5, 5.41) is 10.4. The highest BCUT2D eigenvalue weighted by Crippen LogP contribution is 2.31. The lowest BCUT2D eigenvalue weighted by atomic mass is 9.96. The fraction of sp³-hybridized carbons (Fsp3) is 0.200. The molecule has 0 spiro atoms. The zero-order chi connectivity index (χ0) is 13.1. The van der Waals surface area contributed by atoms with Gasteiger partial charge in [0.2, 0.25) is 0 Å². The Balaban J connectivity index is 2.45. The molecule has 0 amide bonds. The number of nitrogen functional groups attached to an aromatic ring is 1. The molecule has 3 heteroatoms. The Bertz CT molecular complexity index is 552. The van der Waals surface area contributed by atoms with E-state index in [1.165, 1.54) is 0 Å². The summed E-state index contributed by atoms with van der Waals surface area (Å²) >= 11 is 0. The molecule has 0 bridgehead atoms. The number of anilines is 1. The van der Waals surface area contributed by atoms with Crippen LogP contribution in [0.1, 0.15) is 22.8 Å². The third kappa shape index (κ3) is 2.31. The molecule has 94 valence electrons. The molecule has 0 aromatic heterocycles. The topological polar surface area (TPSA) is 55.5 Å². The van der Waals surface area contributed by atoms with E-state index in [0.717, 1.165) is 11.1 Å². The van der Waals surface area contributed by atoms with Crippen molar-refractivity contribution in [1.82, 2.24) is 0 Å². The lowest BCUT2D eigenvalue weighted by molar-refractivity contribution is 0.220. The summed E-state index contributed by atoms with van der Waals surface area (Å²) in [6, 6.07) is 13.0. The van der Waals surface area contributed by atoms with Gasteiger partial charge in [-0.15, -0.1) is 0 Å². The van der Waals surface area contributed by atoms with Crippen molar-refractivity contribution in [3.8, 4) is 5.75 Å². The van der Waals surface area contributed by atoms with Crippen LogP contribution in [-0.2, 0) is 0 Å². The van der Waals surface area contributed by atoms with Crippen molar-refractivity contribution >= 4 is 5.69 Å². The van der Waals surface area contributed by atoms with Crippen LogP contribution in [0.4, 0.5) is 5.69 Å². The molecule has 0 aliphatic carbocycles. The average Bonchev–Trinajstić information content (AvgIpc) is 2.39. The van der Waals surface area contributed by atoms with Gasteiger partial charge in [0.15, 0.2) is 0 Å². The predicted octanol–water partition coefficient (Wildman–Crippen LogP) is 2.67. The van der Waals surface area contributed by atoms with Gasteiger partial charge in [-0.25, -0.2) is 0 Å². The molecule has 18 heavy (non-hydrogen) atoms. The van der Waals surface area contributed by atoms with Gasteiger partial charge in [-0.05, 0) is 36.2 Å². The molecule has 3 nitrogen and oxygen atoms in total. The first-order valence-corrected chi connectivity index (χ1v) is 5.80. The van der Waals surface area contributed by atoms with Crippen molar-refractivity contribution in [2.24, 2.45) is 0 Å². The van der Waals surface area contributed by atoms with E-state index in [-0.39, 0.29) is 0 Å². The number of aryl methyl sites for hydroxylation is 1. The van der Waals surface area contributed by atoms with Crippen LogP contribution in [0.25, 0.3) is 0 Å². The number of aliphatic hydroxyl groups excluding tert-OH is 1. The second-order valence-electron chi connectivity index (χ2n) is 4.25. The summed E-state index contributed by atoms with van der Waals surface area (Å²) in [7, 11) is 1.59. The summed E-state index contributed by atoms with van der Waals surface area (Å²) in [6.07, 6.45) is -0.735. The van der Waals surface area contributed by atoms with Crippen molar-refractivity contribution < 1.29 is 9.84 Å². The molecule has 0 saturated heterocycles. The summed E-state index contributed by atoms with van der Waals surface area (Å²) in [4.78, 5) is 0. The molecule has 2 aromatic carbocycles. The molecule has 0 radical (unpaired) electrons. The van der Waals surface area contributed by atoms with Crippen molar-refractivity contribution in [2.45, 2.75) is 13.0 Å². The maximum atomic E-state index is 10.4. The number of methoxy groups -OCH3 is 1. The third-order valence-corrected chi connectivity index (χ3v) is 3.07. The lowest BCUT2D eigenvalue weighted by Gasteiger charge is -2.16. The Morgan fingerprint density at radius 3 is 2.50 bits per heavy atom. The largest absolute Gasteiger partial charge is 0.497 e. The molecule has 3 N–H and O–H groups in total. The van der Waals surface area contributed by atoms with Crippen molar-refractivity contribution in [3.05, 3.63) is 59.2 Å². The normalized spacial score (nSPS) is 12.2. The van der Waals surface area contributed by atoms with Gasteiger partial charge < -0.3 is 15.6 Å². The lowest BCUT2D eigenvalue weighted by Crippen LogP contribution is -2.05. The van der Waals surface area contributed by atoms with Crippen LogP contribution >= 0.6 is 0 Å². The van der Waals surface area contributed by atoms with Crippen molar-refractivity contribution in [1.29, 1.82) is 0 Å². The van der Waals surface area contributed by atoms with Gasteiger partial charge in [0.05, 0.1) is 7.11 Å². The van der Waals surface area contributed by atoms with Gasteiger partial charge in [0.1, 0.15) is 11.9 Å². The first-order valence-electron chi connectivity index (χ1n) is 5.80. The van der Waals surface area contributed by atoms with Crippen LogP contribution in [0.15, 0.2) is 42.5 Å². The number of aliphatic hydroxyl groups is 1. The van der Waals surface area contributed by atoms with Gasteiger partial charge in [-0.2, -0.15) is 0 Å². The van der Waals surface area contributed by atoms with Gasteiger partial charge in [-0.3, -0.25) is 0 Å². The highest BCUT2D eigenvalue weighted by molar-refractivity contribution is 5.54. The molecule has 0 fully saturated rings. The van der Waals surface area contributed by atoms with Crippen LogP contribution < -0.4 is 10.5 Å². The maximum absolute atomic E-state index is 10.4. The maximum Gasteiger partial charge on any atom is 0.119 e. The first kappa shape index (κ1) is 12.5. The molecule has 1 unspecified atom stereocenters. The molecule has 1 atom stereocenters. The highest BCUT2D eigenvalue weighted by Gasteiger charge is 2.15. The monoisotopic (exact) mass is 243 g/mol. The van der Waals surface area contributed by atoms with Gasteiger partial charge in [0.25, 0.3) is 0 Å². The van der Waals surface area contributed by atoms with E-state index in [0.29, 0.717) is 17.0 Å². The van der Waals surface area contributed by atoms with Gasteiger partial charge in [-0.1, -0.05) is 24.3 Å². The minimum atomic E-state index is -0.735. The molecular formula is C15H17NO2. The molecule has 2 rings (SSSR count). The predicted molar refractivity (Wildman–Crippen MR) is 72.6 cm³/mol. The van der Waals surface area contributed by atoms with Crippen LogP contribution in [0, 0.1) is 6.92 Å². The molecule has 0 heterocycles. The summed E-state index contributed by atoms with van der Waals surface area (Å²) in [6.45, 7) is 1.97. The Kier molecular flexibility index (Phi) is 3.53. The van der Waals surface area contributed by atoms with Gasteiger partial charge in [0, 0.05) is 11.3 Å². The second kappa shape index (κ2) is 5.10. The van der Waals surface area contributed by atoms with Crippen LogP contribution in [-0.4, -0.2) is 12.2 Å². The Morgan fingerprint density at radius 1 is 1.11 bits per heavy atom. The molecule has 0 saturated carbocycles. The molecule has 2 aromatic rings.